The summed E-state index contributed by atoms with van der Waals surface area (Å²) in [6.07, 6.45) is 1.67. The molecule has 0 atom stereocenters. The predicted octanol–water partition coefficient (Wildman–Crippen LogP) is 1.06. The van der Waals surface area contributed by atoms with E-state index in [9.17, 15) is 4.79 Å². The lowest BCUT2D eigenvalue weighted by molar-refractivity contribution is 0.100. The number of imidazole rings is 1. The topological polar surface area (TPSA) is 89.6 Å². The second kappa shape index (κ2) is 3.69. The second-order valence-electron chi connectivity index (χ2n) is 4.03. The molecule has 2 heterocycles. The highest BCUT2D eigenvalue weighted by Gasteiger charge is 2.12. The Labute approximate surface area is 102 Å². The van der Waals surface area contributed by atoms with Gasteiger partial charge in [0.15, 0.2) is 5.82 Å². The maximum atomic E-state index is 11.1. The summed E-state index contributed by atoms with van der Waals surface area (Å²) in [7, 11) is 1.91. The molecule has 2 aromatic heterocycles. The van der Waals surface area contributed by atoms with E-state index in [1.54, 1.807) is 18.3 Å². The standard InChI is InChI=1S/C12H11N5O/c1-17-10-3-2-7(11(13)18)6-9(10)15-12(17)8-4-5-14-16-8/h2-6H,1H3,(H2,13,18)(H,14,16). The molecule has 0 unspecified atom stereocenters. The van der Waals surface area contributed by atoms with Crippen molar-refractivity contribution in [1.29, 1.82) is 0 Å². The van der Waals surface area contributed by atoms with Gasteiger partial charge in [-0.05, 0) is 24.3 Å². The van der Waals surface area contributed by atoms with Crippen LogP contribution in [0.5, 0.6) is 0 Å². The Bertz CT molecular complexity index is 726. The molecule has 0 spiro atoms. The third-order valence-corrected chi connectivity index (χ3v) is 2.91. The lowest BCUT2D eigenvalue weighted by Crippen LogP contribution is -2.10. The molecule has 6 heteroatoms. The van der Waals surface area contributed by atoms with Crippen molar-refractivity contribution in [2.75, 3.05) is 0 Å². The Morgan fingerprint density at radius 2 is 2.22 bits per heavy atom. The highest BCUT2D eigenvalue weighted by atomic mass is 16.1. The number of primary amides is 1. The van der Waals surface area contributed by atoms with Crippen LogP contribution in [0.3, 0.4) is 0 Å². The molecule has 0 aliphatic rings. The first-order valence-corrected chi connectivity index (χ1v) is 5.43. The van der Waals surface area contributed by atoms with Crippen LogP contribution in [0.1, 0.15) is 10.4 Å². The van der Waals surface area contributed by atoms with Gasteiger partial charge < -0.3 is 10.3 Å². The SMILES string of the molecule is Cn1c(-c2ccn[nH]2)nc2cc(C(N)=O)ccc21. The molecular weight excluding hydrogens is 230 g/mol. The number of nitrogens with two attached hydrogens (primary N) is 1. The summed E-state index contributed by atoms with van der Waals surface area (Å²) >= 11 is 0. The van der Waals surface area contributed by atoms with Crippen molar-refractivity contribution in [2.24, 2.45) is 12.8 Å². The fourth-order valence-corrected chi connectivity index (χ4v) is 1.97. The smallest absolute Gasteiger partial charge is 0.248 e. The molecule has 18 heavy (non-hydrogen) atoms. The number of aryl methyl sites for hydroxylation is 1. The fourth-order valence-electron chi connectivity index (χ4n) is 1.97. The summed E-state index contributed by atoms with van der Waals surface area (Å²) in [5, 5.41) is 6.77. The Morgan fingerprint density at radius 3 is 2.89 bits per heavy atom. The molecule has 6 nitrogen and oxygen atoms in total. The summed E-state index contributed by atoms with van der Waals surface area (Å²) in [5.74, 6) is 0.315. The van der Waals surface area contributed by atoms with Gasteiger partial charge >= 0.3 is 0 Å². The zero-order valence-corrected chi connectivity index (χ0v) is 9.71. The van der Waals surface area contributed by atoms with Crippen LogP contribution in [0.4, 0.5) is 0 Å². The monoisotopic (exact) mass is 241 g/mol. The van der Waals surface area contributed by atoms with E-state index >= 15 is 0 Å². The summed E-state index contributed by atoms with van der Waals surface area (Å²) < 4.78 is 1.94. The van der Waals surface area contributed by atoms with Crippen molar-refractivity contribution < 1.29 is 4.79 Å². The van der Waals surface area contributed by atoms with E-state index < -0.39 is 5.91 Å². The van der Waals surface area contributed by atoms with Crippen molar-refractivity contribution in [3.63, 3.8) is 0 Å². The zero-order valence-electron chi connectivity index (χ0n) is 9.71. The Hall–Kier alpha value is -2.63. The molecule has 3 rings (SSSR count). The molecule has 3 aromatic rings. The first-order valence-electron chi connectivity index (χ1n) is 5.43. The van der Waals surface area contributed by atoms with Crippen LogP contribution in [0.2, 0.25) is 0 Å². The normalized spacial score (nSPS) is 10.9. The third-order valence-electron chi connectivity index (χ3n) is 2.91. The van der Waals surface area contributed by atoms with E-state index in [1.807, 2.05) is 23.7 Å². The summed E-state index contributed by atoms with van der Waals surface area (Å²) in [6.45, 7) is 0. The van der Waals surface area contributed by atoms with Crippen LogP contribution in [-0.4, -0.2) is 25.7 Å². The van der Waals surface area contributed by atoms with Crippen LogP contribution >= 0.6 is 0 Å². The van der Waals surface area contributed by atoms with Crippen LogP contribution in [0.25, 0.3) is 22.6 Å². The van der Waals surface area contributed by atoms with Crippen molar-refractivity contribution in [1.82, 2.24) is 19.7 Å². The molecule has 0 fully saturated rings. The average molecular weight is 241 g/mol. The van der Waals surface area contributed by atoms with Crippen LogP contribution in [0.15, 0.2) is 30.5 Å². The van der Waals surface area contributed by atoms with Crippen LogP contribution < -0.4 is 5.73 Å². The fraction of sp³-hybridized carbons (Fsp3) is 0.0833. The van der Waals surface area contributed by atoms with Crippen molar-refractivity contribution >= 4 is 16.9 Å². The van der Waals surface area contributed by atoms with E-state index in [4.69, 9.17) is 5.73 Å². The number of benzene rings is 1. The first-order chi connectivity index (χ1) is 8.66. The number of hydrogen-bond donors (Lipinski definition) is 2. The number of rotatable bonds is 2. The molecule has 0 saturated carbocycles. The molecule has 1 aromatic carbocycles. The first kappa shape index (κ1) is 10.5. The molecule has 3 N–H and O–H groups in total. The maximum absolute atomic E-state index is 11.1. The zero-order chi connectivity index (χ0) is 12.7. The van der Waals surface area contributed by atoms with Crippen molar-refractivity contribution in [3.8, 4) is 11.5 Å². The highest BCUT2D eigenvalue weighted by Crippen LogP contribution is 2.22. The molecule has 0 radical (unpaired) electrons. The molecule has 0 bridgehead atoms. The summed E-state index contributed by atoms with van der Waals surface area (Å²) in [6, 6.07) is 7.07. The van der Waals surface area contributed by atoms with E-state index in [1.165, 1.54) is 0 Å². The predicted molar refractivity (Wildman–Crippen MR) is 66.8 cm³/mol. The lowest BCUT2D eigenvalue weighted by Gasteiger charge is -1.99. The quantitative estimate of drug-likeness (QED) is 0.703. The number of fused-ring (bicyclic) bond motifs is 1. The minimum absolute atomic E-state index is 0.453. The number of carbonyl (C=O) groups is 1. The summed E-state index contributed by atoms with van der Waals surface area (Å²) in [4.78, 5) is 15.6. The van der Waals surface area contributed by atoms with Crippen LogP contribution in [-0.2, 0) is 7.05 Å². The molecule has 1 amide bonds. The van der Waals surface area contributed by atoms with E-state index in [2.05, 4.69) is 15.2 Å². The van der Waals surface area contributed by atoms with Gasteiger partial charge in [0.1, 0.15) is 5.69 Å². The van der Waals surface area contributed by atoms with Gasteiger partial charge in [0.2, 0.25) is 5.91 Å². The number of amides is 1. The Kier molecular flexibility index (Phi) is 2.16. The van der Waals surface area contributed by atoms with E-state index in [-0.39, 0.29) is 0 Å². The number of carbonyl (C=O) groups excluding carboxylic acids is 1. The minimum atomic E-state index is -0.453. The van der Waals surface area contributed by atoms with E-state index in [0.29, 0.717) is 5.56 Å². The van der Waals surface area contributed by atoms with Crippen LogP contribution in [0, 0.1) is 0 Å². The van der Waals surface area contributed by atoms with Gasteiger partial charge in [-0.25, -0.2) is 4.98 Å². The summed E-state index contributed by atoms with van der Waals surface area (Å²) in [5.41, 5.74) is 8.21. The van der Waals surface area contributed by atoms with Gasteiger partial charge in [-0.1, -0.05) is 0 Å². The minimum Gasteiger partial charge on any atom is -0.366 e. The lowest BCUT2D eigenvalue weighted by atomic mass is 10.2. The molecule has 0 saturated heterocycles. The van der Waals surface area contributed by atoms with Gasteiger partial charge in [0, 0.05) is 18.8 Å². The number of aromatic nitrogens is 4. The van der Waals surface area contributed by atoms with Crippen molar-refractivity contribution in [2.45, 2.75) is 0 Å². The van der Waals surface area contributed by atoms with Crippen molar-refractivity contribution in [3.05, 3.63) is 36.0 Å². The second-order valence-corrected chi connectivity index (χ2v) is 4.03. The van der Waals surface area contributed by atoms with Gasteiger partial charge in [0.25, 0.3) is 0 Å². The third kappa shape index (κ3) is 1.46. The molecule has 90 valence electrons. The number of H-pyrrole nitrogens is 1. The molecule has 0 aliphatic heterocycles. The largest absolute Gasteiger partial charge is 0.366 e. The molecular formula is C12H11N5O. The number of hydrogen-bond acceptors (Lipinski definition) is 3. The highest BCUT2D eigenvalue weighted by molar-refractivity contribution is 5.96. The van der Waals surface area contributed by atoms with Gasteiger partial charge in [-0.2, -0.15) is 5.10 Å². The maximum Gasteiger partial charge on any atom is 0.248 e. The Balaban J connectivity index is 2.25. The number of nitrogens with one attached hydrogen (secondary N) is 1. The van der Waals surface area contributed by atoms with E-state index in [0.717, 1.165) is 22.6 Å². The van der Waals surface area contributed by atoms with Gasteiger partial charge in [-0.3, -0.25) is 9.89 Å². The number of aromatic amines is 1. The average Bonchev–Trinajstić information content (AvgIpc) is 2.97. The Morgan fingerprint density at radius 1 is 1.39 bits per heavy atom. The van der Waals surface area contributed by atoms with Gasteiger partial charge in [-0.15, -0.1) is 0 Å². The van der Waals surface area contributed by atoms with Gasteiger partial charge in [0.05, 0.1) is 11.0 Å². The number of nitrogens with zero attached hydrogens (tertiary/aromatic N) is 3. The molecule has 0 aliphatic carbocycles.